The van der Waals surface area contributed by atoms with Gasteiger partial charge in [-0.1, -0.05) is 0 Å². The number of pyridine rings is 1. The number of esters is 1. The molecule has 0 aliphatic heterocycles. The van der Waals surface area contributed by atoms with E-state index in [4.69, 9.17) is 5.73 Å². The van der Waals surface area contributed by atoms with E-state index in [0.29, 0.717) is 0 Å². The van der Waals surface area contributed by atoms with Gasteiger partial charge in [-0.2, -0.15) is 0 Å². The zero-order valence-electron chi connectivity index (χ0n) is 8.42. The van der Waals surface area contributed by atoms with Gasteiger partial charge in [0.15, 0.2) is 0 Å². The average Bonchev–Trinajstić information content (AvgIpc) is 2.23. The molecule has 0 aromatic carbocycles. The number of nitrogens with one attached hydrogen (secondary N) is 1. The summed E-state index contributed by atoms with van der Waals surface area (Å²) in [5.74, 6) is -0.720. The van der Waals surface area contributed by atoms with Gasteiger partial charge in [0.25, 0.3) is 6.43 Å². The van der Waals surface area contributed by atoms with Crippen molar-refractivity contribution in [1.82, 2.24) is 4.98 Å². The van der Waals surface area contributed by atoms with E-state index in [0.717, 1.165) is 13.3 Å². The summed E-state index contributed by atoms with van der Waals surface area (Å²) in [6.45, 7) is 0. The normalized spacial score (nSPS) is 10.5. The van der Waals surface area contributed by atoms with E-state index in [1.165, 1.54) is 0 Å². The Morgan fingerprint density at radius 3 is 2.75 bits per heavy atom. The highest BCUT2D eigenvalue weighted by molar-refractivity contribution is 5.72. The van der Waals surface area contributed by atoms with Crippen molar-refractivity contribution >= 4 is 11.7 Å². The fourth-order valence-electron chi connectivity index (χ4n) is 1.19. The van der Waals surface area contributed by atoms with Crippen molar-refractivity contribution in [3.05, 3.63) is 27.7 Å². The van der Waals surface area contributed by atoms with Crippen molar-refractivity contribution in [2.75, 3.05) is 12.8 Å². The van der Waals surface area contributed by atoms with Gasteiger partial charge in [0.1, 0.15) is 0 Å². The molecule has 88 valence electrons. The SMILES string of the molecule is COC(=O)Cc1[nH]cc(N)c(=O)c1C(F)F. The van der Waals surface area contributed by atoms with Crippen LogP contribution in [0, 0.1) is 0 Å². The summed E-state index contributed by atoms with van der Waals surface area (Å²) in [5.41, 5.74) is 2.95. The van der Waals surface area contributed by atoms with E-state index >= 15 is 0 Å². The molecule has 0 spiro atoms. The van der Waals surface area contributed by atoms with Crippen LogP contribution in [-0.4, -0.2) is 18.1 Å². The number of hydrogen-bond donors (Lipinski definition) is 2. The Balaban J connectivity index is 3.24. The molecule has 0 aliphatic rings. The number of nitrogen functional groups attached to an aromatic ring is 1. The van der Waals surface area contributed by atoms with Gasteiger partial charge in [-0.25, -0.2) is 8.78 Å². The number of anilines is 1. The minimum Gasteiger partial charge on any atom is -0.469 e. The molecule has 0 fully saturated rings. The molecule has 0 aliphatic carbocycles. The third-order valence-electron chi connectivity index (χ3n) is 2.00. The lowest BCUT2D eigenvalue weighted by Gasteiger charge is -2.07. The Morgan fingerprint density at radius 2 is 2.25 bits per heavy atom. The van der Waals surface area contributed by atoms with Crippen LogP contribution in [0.1, 0.15) is 17.7 Å². The maximum atomic E-state index is 12.6. The van der Waals surface area contributed by atoms with Gasteiger partial charge in [-0.05, 0) is 0 Å². The maximum Gasteiger partial charge on any atom is 0.311 e. The summed E-state index contributed by atoms with van der Waals surface area (Å²) < 4.78 is 29.5. The zero-order chi connectivity index (χ0) is 12.3. The minimum atomic E-state index is -2.99. The monoisotopic (exact) mass is 232 g/mol. The van der Waals surface area contributed by atoms with Crippen LogP contribution in [0.5, 0.6) is 0 Å². The van der Waals surface area contributed by atoms with Gasteiger partial charge in [0.05, 0.1) is 24.8 Å². The highest BCUT2D eigenvalue weighted by Crippen LogP contribution is 2.19. The van der Waals surface area contributed by atoms with E-state index in [9.17, 15) is 18.4 Å². The molecule has 0 amide bonds. The van der Waals surface area contributed by atoms with Crippen LogP contribution in [0.4, 0.5) is 14.5 Å². The van der Waals surface area contributed by atoms with Gasteiger partial charge in [0, 0.05) is 11.9 Å². The van der Waals surface area contributed by atoms with Crippen LogP contribution in [0.2, 0.25) is 0 Å². The van der Waals surface area contributed by atoms with Gasteiger partial charge in [0.2, 0.25) is 5.43 Å². The molecular formula is C9H10F2N2O3. The first kappa shape index (κ1) is 12.2. The lowest BCUT2D eigenvalue weighted by molar-refractivity contribution is -0.139. The van der Waals surface area contributed by atoms with Crippen LogP contribution >= 0.6 is 0 Å². The number of H-pyrrole nitrogens is 1. The number of alkyl halides is 2. The first-order valence-electron chi connectivity index (χ1n) is 4.32. The molecule has 7 heteroatoms. The number of nitrogens with two attached hydrogens (primary N) is 1. The standard InChI is InChI=1S/C9H10F2N2O3/c1-16-6(14)2-5-7(9(10)11)8(15)4(12)3-13-5/h3,9H,2,12H2,1H3,(H,13,15). The number of carbonyl (C=O) groups is 1. The third kappa shape index (κ3) is 2.36. The van der Waals surface area contributed by atoms with Crippen LogP contribution in [-0.2, 0) is 16.0 Å². The largest absolute Gasteiger partial charge is 0.469 e. The summed E-state index contributed by atoms with van der Waals surface area (Å²) in [5, 5.41) is 0. The molecule has 1 aromatic rings. The van der Waals surface area contributed by atoms with Crippen LogP contribution in [0.25, 0.3) is 0 Å². The number of methoxy groups -OCH3 is 1. The van der Waals surface area contributed by atoms with E-state index in [-0.39, 0.29) is 11.4 Å². The van der Waals surface area contributed by atoms with E-state index < -0.39 is 29.8 Å². The minimum absolute atomic E-state index is 0.180. The van der Waals surface area contributed by atoms with Crippen LogP contribution in [0.3, 0.4) is 0 Å². The second kappa shape index (κ2) is 4.73. The molecule has 16 heavy (non-hydrogen) atoms. The number of aromatic nitrogens is 1. The van der Waals surface area contributed by atoms with Gasteiger partial charge >= 0.3 is 5.97 Å². The first-order valence-corrected chi connectivity index (χ1v) is 4.32. The summed E-state index contributed by atoms with van der Waals surface area (Å²) in [4.78, 5) is 24.6. The summed E-state index contributed by atoms with van der Waals surface area (Å²) in [6.07, 6.45) is -2.34. The van der Waals surface area contributed by atoms with Crippen molar-refractivity contribution < 1.29 is 18.3 Å². The average molecular weight is 232 g/mol. The molecular weight excluding hydrogens is 222 g/mol. The maximum absolute atomic E-state index is 12.6. The van der Waals surface area contributed by atoms with Gasteiger partial charge < -0.3 is 15.5 Å². The number of ether oxygens (including phenoxy) is 1. The Hall–Kier alpha value is -1.92. The Labute approximate surface area is 89.2 Å². The highest BCUT2D eigenvalue weighted by atomic mass is 19.3. The molecule has 0 bridgehead atoms. The Bertz CT molecular complexity index is 457. The fourth-order valence-corrected chi connectivity index (χ4v) is 1.19. The molecule has 1 aromatic heterocycles. The predicted octanol–water partition coefficient (Wildman–Crippen LogP) is 0.610. The van der Waals surface area contributed by atoms with Crippen LogP contribution < -0.4 is 11.2 Å². The molecule has 1 rings (SSSR count). The summed E-state index contributed by atoms with van der Waals surface area (Å²) in [7, 11) is 1.12. The second-order valence-electron chi connectivity index (χ2n) is 3.02. The second-order valence-corrected chi connectivity index (χ2v) is 3.02. The number of hydrogen-bond acceptors (Lipinski definition) is 4. The van der Waals surface area contributed by atoms with Crippen molar-refractivity contribution in [3.63, 3.8) is 0 Å². The zero-order valence-corrected chi connectivity index (χ0v) is 8.42. The quantitative estimate of drug-likeness (QED) is 0.747. The van der Waals surface area contributed by atoms with Crippen molar-refractivity contribution in [2.24, 2.45) is 0 Å². The number of aromatic amines is 1. The predicted molar refractivity (Wildman–Crippen MR) is 52.2 cm³/mol. The molecule has 0 radical (unpaired) electrons. The fraction of sp³-hybridized carbons (Fsp3) is 0.333. The van der Waals surface area contributed by atoms with E-state index in [1.54, 1.807) is 0 Å². The molecule has 3 N–H and O–H groups in total. The molecule has 0 atom stereocenters. The molecule has 0 saturated heterocycles. The summed E-state index contributed by atoms with van der Waals surface area (Å²) in [6, 6.07) is 0. The highest BCUT2D eigenvalue weighted by Gasteiger charge is 2.21. The van der Waals surface area contributed by atoms with Crippen molar-refractivity contribution in [2.45, 2.75) is 12.8 Å². The summed E-state index contributed by atoms with van der Waals surface area (Å²) >= 11 is 0. The number of rotatable bonds is 3. The van der Waals surface area contributed by atoms with Crippen molar-refractivity contribution in [3.8, 4) is 0 Å². The molecule has 0 saturated carbocycles. The molecule has 5 nitrogen and oxygen atoms in total. The topological polar surface area (TPSA) is 85.2 Å². The number of carbonyl (C=O) groups excluding carboxylic acids is 1. The first-order chi connectivity index (χ1) is 7.47. The smallest absolute Gasteiger partial charge is 0.311 e. The molecule has 1 heterocycles. The lowest BCUT2D eigenvalue weighted by Crippen LogP contribution is -2.20. The lowest BCUT2D eigenvalue weighted by atomic mass is 10.1. The third-order valence-corrected chi connectivity index (χ3v) is 2.00. The van der Waals surface area contributed by atoms with Gasteiger partial charge in [-0.3, -0.25) is 9.59 Å². The Kier molecular flexibility index (Phi) is 3.60. The molecule has 0 unspecified atom stereocenters. The number of halogens is 2. The van der Waals surface area contributed by atoms with Crippen molar-refractivity contribution in [1.29, 1.82) is 0 Å². The van der Waals surface area contributed by atoms with E-state index in [1.807, 2.05) is 0 Å². The Morgan fingerprint density at radius 1 is 1.62 bits per heavy atom. The van der Waals surface area contributed by atoms with Gasteiger partial charge in [-0.15, -0.1) is 0 Å². The van der Waals surface area contributed by atoms with Crippen LogP contribution in [0.15, 0.2) is 11.0 Å². The van der Waals surface area contributed by atoms with E-state index in [2.05, 4.69) is 9.72 Å².